The van der Waals surface area contributed by atoms with Gasteiger partial charge in [0, 0.05) is 13.0 Å². The van der Waals surface area contributed by atoms with Gasteiger partial charge in [-0.15, -0.1) is 0 Å². The SMILES string of the molecule is CCCn1ncnc1CC(CN)Cc1ccc(F)cc1. The summed E-state index contributed by atoms with van der Waals surface area (Å²) in [6.07, 6.45) is 4.25. The summed E-state index contributed by atoms with van der Waals surface area (Å²) in [6, 6.07) is 6.61. The predicted molar refractivity (Wildman–Crippen MR) is 76.7 cm³/mol. The lowest BCUT2D eigenvalue weighted by molar-refractivity contribution is 0.482. The molecule has 1 atom stereocenters. The molecule has 0 aliphatic heterocycles. The smallest absolute Gasteiger partial charge is 0.138 e. The van der Waals surface area contributed by atoms with E-state index < -0.39 is 0 Å². The second-order valence-electron chi connectivity index (χ2n) is 5.04. The summed E-state index contributed by atoms with van der Waals surface area (Å²) < 4.78 is 14.8. The Labute approximate surface area is 118 Å². The fourth-order valence-corrected chi connectivity index (χ4v) is 2.30. The molecule has 108 valence electrons. The van der Waals surface area contributed by atoms with Gasteiger partial charge in [-0.2, -0.15) is 5.10 Å². The van der Waals surface area contributed by atoms with Crippen molar-refractivity contribution in [3.63, 3.8) is 0 Å². The van der Waals surface area contributed by atoms with E-state index in [1.165, 1.54) is 12.1 Å². The van der Waals surface area contributed by atoms with E-state index in [-0.39, 0.29) is 5.82 Å². The molecule has 5 heteroatoms. The maximum absolute atomic E-state index is 12.9. The number of halogens is 1. The molecule has 1 heterocycles. The molecule has 2 rings (SSSR count). The molecule has 0 radical (unpaired) electrons. The van der Waals surface area contributed by atoms with Crippen LogP contribution in [0.1, 0.15) is 24.7 Å². The highest BCUT2D eigenvalue weighted by Gasteiger charge is 2.13. The Morgan fingerprint density at radius 3 is 2.65 bits per heavy atom. The first-order valence-electron chi connectivity index (χ1n) is 7.04. The number of hydrogen-bond donors (Lipinski definition) is 1. The van der Waals surface area contributed by atoms with Crippen LogP contribution in [0.3, 0.4) is 0 Å². The van der Waals surface area contributed by atoms with E-state index in [2.05, 4.69) is 17.0 Å². The van der Waals surface area contributed by atoms with Crippen LogP contribution < -0.4 is 5.73 Å². The molecular formula is C15H21FN4. The Hall–Kier alpha value is -1.75. The van der Waals surface area contributed by atoms with Crippen LogP contribution in [0.15, 0.2) is 30.6 Å². The largest absolute Gasteiger partial charge is 0.330 e. The van der Waals surface area contributed by atoms with Crippen molar-refractivity contribution in [2.24, 2.45) is 11.7 Å². The van der Waals surface area contributed by atoms with E-state index in [4.69, 9.17) is 5.73 Å². The minimum absolute atomic E-state index is 0.208. The minimum Gasteiger partial charge on any atom is -0.330 e. The van der Waals surface area contributed by atoms with Crippen LogP contribution in [0.5, 0.6) is 0 Å². The third-order valence-corrected chi connectivity index (χ3v) is 3.37. The third-order valence-electron chi connectivity index (χ3n) is 3.37. The summed E-state index contributed by atoms with van der Waals surface area (Å²) in [5.41, 5.74) is 6.96. The Bertz CT molecular complexity index is 521. The lowest BCUT2D eigenvalue weighted by Crippen LogP contribution is -2.21. The van der Waals surface area contributed by atoms with Gasteiger partial charge in [-0.1, -0.05) is 19.1 Å². The molecular weight excluding hydrogens is 255 g/mol. The first kappa shape index (κ1) is 14.7. The van der Waals surface area contributed by atoms with Crippen molar-refractivity contribution in [1.29, 1.82) is 0 Å². The molecule has 20 heavy (non-hydrogen) atoms. The fraction of sp³-hybridized carbons (Fsp3) is 0.467. The normalized spacial score (nSPS) is 12.6. The van der Waals surface area contributed by atoms with E-state index >= 15 is 0 Å². The summed E-state index contributed by atoms with van der Waals surface area (Å²) in [5.74, 6) is 1.06. The Kier molecular flexibility index (Phi) is 5.24. The molecule has 1 aromatic carbocycles. The van der Waals surface area contributed by atoms with Crippen molar-refractivity contribution in [3.8, 4) is 0 Å². The van der Waals surface area contributed by atoms with Crippen molar-refractivity contribution in [2.75, 3.05) is 6.54 Å². The van der Waals surface area contributed by atoms with E-state index in [0.29, 0.717) is 12.5 Å². The van der Waals surface area contributed by atoms with Crippen LogP contribution in [-0.4, -0.2) is 21.3 Å². The molecule has 0 saturated heterocycles. The summed E-state index contributed by atoms with van der Waals surface area (Å²) >= 11 is 0. The zero-order valence-electron chi connectivity index (χ0n) is 11.8. The van der Waals surface area contributed by atoms with Crippen molar-refractivity contribution in [3.05, 3.63) is 47.8 Å². The lowest BCUT2D eigenvalue weighted by atomic mass is 9.96. The average molecular weight is 276 g/mol. The van der Waals surface area contributed by atoms with Crippen molar-refractivity contribution < 1.29 is 4.39 Å². The van der Waals surface area contributed by atoms with Gasteiger partial charge in [0.1, 0.15) is 18.0 Å². The number of nitrogens with two attached hydrogens (primary N) is 1. The maximum atomic E-state index is 12.9. The molecule has 0 saturated carbocycles. The average Bonchev–Trinajstić information content (AvgIpc) is 2.88. The first-order valence-corrected chi connectivity index (χ1v) is 7.04. The van der Waals surface area contributed by atoms with Gasteiger partial charge in [-0.05, 0) is 43.0 Å². The van der Waals surface area contributed by atoms with E-state index in [1.807, 2.05) is 16.8 Å². The summed E-state index contributed by atoms with van der Waals surface area (Å²) in [6.45, 7) is 3.57. The zero-order chi connectivity index (χ0) is 14.4. The van der Waals surface area contributed by atoms with Gasteiger partial charge < -0.3 is 5.73 Å². The topological polar surface area (TPSA) is 56.7 Å². The second kappa shape index (κ2) is 7.14. The number of aromatic nitrogens is 3. The van der Waals surface area contributed by atoms with E-state index in [9.17, 15) is 4.39 Å². The minimum atomic E-state index is -0.208. The molecule has 0 bridgehead atoms. The van der Waals surface area contributed by atoms with Gasteiger partial charge in [0.2, 0.25) is 0 Å². The Balaban J connectivity index is 2.01. The maximum Gasteiger partial charge on any atom is 0.138 e. The summed E-state index contributed by atoms with van der Waals surface area (Å²) in [7, 11) is 0. The van der Waals surface area contributed by atoms with Crippen LogP contribution in [-0.2, 0) is 19.4 Å². The van der Waals surface area contributed by atoms with Crippen molar-refractivity contribution in [2.45, 2.75) is 32.7 Å². The van der Waals surface area contributed by atoms with Gasteiger partial charge in [0.25, 0.3) is 0 Å². The first-order chi connectivity index (χ1) is 9.72. The molecule has 0 amide bonds. The van der Waals surface area contributed by atoms with Crippen LogP contribution in [0, 0.1) is 11.7 Å². The summed E-state index contributed by atoms with van der Waals surface area (Å²) in [5, 5.41) is 4.23. The van der Waals surface area contributed by atoms with Gasteiger partial charge >= 0.3 is 0 Å². The number of nitrogens with zero attached hydrogens (tertiary/aromatic N) is 3. The fourth-order valence-electron chi connectivity index (χ4n) is 2.30. The molecule has 4 nitrogen and oxygen atoms in total. The molecule has 0 aliphatic carbocycles. The third kappa shape index (κ3) is 3.87. The summed E-state index contributed by atoms with van der Waals surface area (Å²) in [4.78, 5) is 4.31. The van der Waals surface area contributed by atoms with Crippen LogP contribution in [0.25, 0.3) is 0 Å². The van der Waals surface area contributed by atoms with Crippen LogP contribution >= 0.6 is 0 Å². The van der Waals surface area contributed by atoms with E-state index in [0.717, 1.165) is 37.2 Å². The van der Waals surface area contributed by atoms with E-state index in [1.54, 1.807) is 6.33 Å². The molecule has 0 fully saturated rings. The highest BCUT2D eigenvalue weighted by Crippen LogP contribution is 2.13. The van der Waals surface area contributed by atoms with Gasteiger partial charge in [0.15, 0.2) is 0 Å². The van der Waals surface area contributed by atoms with Crippen molar-refractivity contribution >= 4 is 0 Å². The monoisotopic (exact) mass is 276 g/mol. The predicted octanol–water partition coefficient (Wildman–Crippen LogP) is 2.19. The number of hydrogen-bond acceptors (Lipinski definition) is 3. The zero-order valence-corrected chi connectivity index (χ0v) is 11.8. The van der Waals surface area contributed by atoms with Gasteiger partial charge in [0.05, 0.1) is 0 Å². The highest BCUT2D eigenvalue weighted by atomic mass is 19.1. The molecule has 1 unspecified atom stereocenters. The molecule has 0 aliphatic rings. The number of aryl methyl sites for hydroxylation is 1. The number of rotatable bonds is 7. The molecule has 1 aromatic heterocycles. The van der Waals surface area contributed by atoms with Crippen molar-refractivity contribution in [1.82, 2.24) is 14.8 Å². The number of benzene rings is 1. The van der Waals surface area contributed by atoms with Gasteiger partial charge in [-0.3, -0.25) is 4.68 Å². The van der Waals surface area contributed by atoms with Gasteiger partial charge in [-0.25, -0.2) is 9.37 Å². The van der Waals surface area contributed by atoms with Crippen LogP contribution in [0.2, 0.25) is 0 Å². The molecule has 0 spiro atoms. The highest BCUT2D eigenvalue weighted by molar-refractivity contribution is 5.17. The Morgan fingerprint density at radius 2 is 2.00 bits per heavy atom. The van der Waals surface area contributed by atoms with Crippen LogP contribution in [0.4, 0.5) is 4.39 Å². The lowest BCUT2D eigenvalue weighted by Gasteiger charge is -2.15. The second-order valence-corrected chi connectivity index (χ2v) is 5.04. The molecule has 2 N–H and O–H groups in total. The molecule has 2 aromatic rings. The Morgan fingerprint density at radius 1 is 1.25 bits per heavy atom. The standard InChI is InChI=1S/C15H21FN4/c1-2-7-20-15(18-11-19-20)9-13(10-17)8-12-3-5-14(16)6-4-12/h3-6,11,13H,2,7-10,17H2,1H3. The quantitative estimate of drug-likeness (QED) is 0.843.